The molecule has 0 aromatic carbocycles. The first-order valence-corrected chi connectivity index (χ1v) is 1.69. The summed E-state index contributed by atoms with van der Waals surface area (Å²) in [6.45, 7) is 0.625. The maximum absolute atomic E-state index is 7.14. The van der Waals surface area contributed by atoms with E-state index in [0.717, 1.165) is 0 Å². The van der Waals surface area contributed by atoms with Gasteiger partial charge in [0.05, 0.1) is 0 Å². The minimum absolute atomic E-state index is 0.472. The standard InChI is InChI=1S/C5H12/c1-4-5(2)3/h5H,4H2,1-3H3/i1D3,4D2. The van der Waals surface area contributed by atoms with Crippen LogP contribution in [0.5, 0.6) is 0 Å². The van der Waals surface area contributed by atoms with E-state index in [0.29, 0.717) is 0 Å². The molecule has 0 N–H and O–H groups in total. The highest BCUT2D eigenvalue weighted by molar-refractivity contribution is 4.32. The Morgan fingerprint density at radius 3 is 2.60 bits per heavy atom. The third-order valence-electron chi connectivity index (χ3n) is 0.289. The van der Waals surface area contributed by atoms with Crippen LogP contribution >= 0.6 is 0 Å². The average Bonchev–Trinajstić information content (AvgIpc) is 1.62. The van der Waals surface area contributed by atoms with Gasteiger partial charge in [0, 0.05) is 6.85 Å². The third-order valence-corrected chi connectivity index (χ3v) is 0.289. The van der Waals surface area contributed by atoms with Gasteiger partial charge in [-0.2, -0.15) is 0 Å². The Hall–Kier alpha value is 0. The van der Waals surface area contributed by atoms with Gasteiger partial charge in [-0.15, -0.1) is 0 Å². The SMILES string of the molecule is [2H]C([2H])([2H])C([2H])([2H])C(C)C. The molecule has 0 fully saturated rings. The van der Waals surface area contributed by atoms with E-state index >= 15 is 0 Å². The highest BCUT2D eigenvalue weighted by Gasteiger charge is 1.80. The Morgan fingerprint density at radius 2 is 2.60 bits per heavy atom. The second kappa shape index (κ2) is 2.25. The molecule has 0 heterocycles. The fourth-order valence-electron chi connectivity index (χ4n) is 0. The molecule has 0 rings (SSSR count). The molecule has 0 saturated carbocycles. The summed E-state index contributed by atoms with van der Waals surface area (Å²) in [5.74, 6) is -0.472. The average molecular weight is 77.2 g/mol. The van der Waals surface area contributed by atoms with E-state index in [1.165, 1.54) is 0 Å². The second-order valence-electron chi connectivity index (χ2n) is 1.30. The van der Waals surface area contributed by atoms with Crippen LogP contribution in [0.25, 0.3) is 0 Å². The summed E-state index contributed by atoms with van der Waals surface area (Å²) in [6.07, 6.45) is -2.06. The Morgan fingerprint density at radius 1 is 2.00 bits per heavy atom. The molecule has 0 nitrogen and oxygen atoms in total. The molecule has 0 bridgehead atoms. The van der Waals surface area contributed by atoms with Crippen LogP contribution in [0.15, 0.2) is 0 Å². The molecule has 0 atom stereocenters. The lowest BCUT2D eigenvalue weighted by Gasteiger charge is -1.90. The summed E-state index contributed by atoms with van der Waals surface area (Å²) >= 11 is 0. The van der Waals surface area contributed by atoms with Crippen molar-refractivity contribution in [2.75, 3.05) is 0 Å². The van der Waals surface area contributed by atoms with E-state index in [9.17, 15) is 0 Å². The molecule has 0 radical (unpaired) electrons. The largest absolute Gasteiger partial charge is 0.0651 e. The van der Waals surface area contributed by atoms with Crippen LogP contribution in [0.1, 0.15) is 33.9 Å². The molecule has 0 amide bonds. The smallest absolute Gasteiger partial charge is 0.0266 e. The van der Waals surface area contributed by atoms with Gasteiger partial charge in [-0.1, -0.05) is 27.1 Å². The summed E-state index contributed by atoms with van der Waals surface area (Å²) in [5.41, 5.74) is 0. The molecule has 0 heteroatoms. The van der Waals surface area contributed by atoms with Crippen molar-refractivity contribution in [1.82, 2.24) is 0 Å². The van der Waals surface area contributed by atoms with Gasteiger partial charge in [0.15, 0.2) is 0 Å². The fourth-order valence-corrected chi connectivity index (χ4v) is 0. The van der Waals surface area contributed by atoms with Gasteiger partial charge in [0.25, 0.3) is 0 Å². The van der Waals surface area contributed by atoms with Crippen LogP contribution in [0.4, 0.5) is 0 Å². The van der Waals surface area contributed by atoms with Crippen LogP contribution in [-0.2, 0) is 0 Å². The third kappa shape index (κ3) is 4.00. The highest BCUT2D eigenvalue weighted by atomic mass is 13.9. The zero-order chi connectivity index (χ0) is 8.58. The van der Waals surface area contributed by atoms with Gasteiger partial charge >= 0.3 is 0 Å². The van der Waals surface area contributed by atoms with E-state index in [1.54, 1.807) is 13.8 Å². The first-order valence-electron chi connectivity index (χ1n) is 4.19. The van der Waals surface area contributed by atoms with Crippen molar-refractivity contribution in [3.63, 3.8) is 0 Å². The maximum Gasteiger partial charge on any atom is 0.0266 e. The summed E-state index contributed by atoms with van der Waals surface area (Å²) in [7, 11) is 0. The molecule has 0 aliphatic heterocycles. The molecule has 0 spiro atoms. The lowest BCUT2D eigenvalue weighted by atomic mass is 10.2. The molecule has 0 aromatic heterocycles. The van der Waals surface area contributed by atoms with E-state index in [-0.39, 0.29) is 0 Å². The van der Waals surface area contributed by atoms with Crippen LogP contribution in [0, 0.1) is 5.92 Å². The summed E-state index contributed by atoms with van der Waals surface area (Å²) in [6, 6.07) is 0. The predicted molar refractivity (Wildman–Crippen MR) is 25.1 cm³/mol. The highest BCUT2D eigenvalue weighted by Crippen LogP contribution is 1.93. The summed E-state index contributed by atoms with van der Waals surface area (Å²) in [5, 5.41) is 0. The van der Waals surface area contributed by atoms with E-state index < -0.39 is 19.1 Å². The maximum atomic E-state index is 7.14. The van der Waals surface area contributed by atoms with Crippen LogP contribution in [0.2, 0.25) is 0 Å². The lowest BCUT2D eigenvalue weighted by molar-refractivity contribution is 0.626. The molecule has 5 heavy (non-hydrogen) atoms. The Balaban J connectivity index is 4.40. The zero-order valence-electron chi connectivity index (χ0n) is 8.58. The number of hydrogen-bond donors (Lipinski definition) is 0. The van der Waals surface area contributed by atoms with E-state index in [4.69, 9.17) is 6.85 Å². The molecule has 0 aliphatic carbocycles. The molecule has 0 aliphatic rings. The monoisotopic (exact) mass is 77.1 g/mol. The summed E-state index contributed by atoms with van der Waals surface area (Å²) < 4.78 is 34.7. The Labute approximate surface area is 41.2 Å². The van der Waals surface area contributed by atoms with Gasteiger partial charge in [0.1, 0.15) is 0 Å². The van der Waals surface area contributed by atoms with Gasteiger partial charge in [-0.05, 0) is 5.92 Å². The quantitative estimate of drug-likeness (QED) is 0.449. The second-order valence-corrected chi connectivity index (χ2v) is 1.30. The van der Waals surface area contributed by atoms with Gasteiger partial charge < -0.3 is 0 Å². The van der Waals surface area contributed by atoms with Crippen molar-refractivity contribution in [1.29, 1.82) is 0 Å². The van der Waals surface area contributed by atoms with Crippen molar-refractivity contribution >= 4 is 0 Å². The number of rotatable bonds is 1. The number of hydrogen-bond acceptors (Lipinski definition) is 0. The molecule has 32 valence electrons. The zero-order valence-corrected chi connectivity index (χ0v) is 3.58. The van der Waals surface area contributed by atoms with E-state index in [2.05, 4.69) is 0 Å². The molecular weight excluding hydrogens is 60.1 g/mol. The minimum atomic E-state index is -2.50. The predicted octanol–water partition coefficient (Wildman–Crippen LogP) is 2.05. The molecule has 0 unspecified atom stereocenters. The summed E-state index contributed by atoms with van der Waals surface area (Å²) in [4.78, 5) is 0. The Kier molecular flexibility index (Phi) is 0.444. The van der Waals surface area contributed by atoms with Crippen molar-refractivity contribution in [2.45, 2.75) is 27.1 Å². The van der Waals surface area contributed by atoms with Crippen LogP contribution in [-0.4, -0.2) is 0 Å². The minimum Gasteiger partial charge on any atom is -0.0651 e. The van der Waals surface area contributed by atoms with Crippen molar-refractivity contribution in [2.24, 2.45) is 5.92 Å². The molecule has 0 aromatic rings. The normalized spacial score (nSPS) is 29.8. The lowest BCUT2D eigenvalue weighted by Crippen LogP contribution is -1.77. The van der Waals surface area contributed by atoms with Gasteiger partial charge in [-0.25, -0.2) is 0 Å². The van der Waals surface area contributed by atoms with Crippen molar-refractivity contribution < 1.29 is 6.85 Å². The Bertz CT molecular complexity index is 112. The van der Waals surface area contributed by atoms with E-state index in [1.807, 2.05) is 0 Å². The molecular formula is C5H12. The van der Waals surface area contributed by atoms with Crippen molar-refractivity contribution in [3.05, 3.63) is 0 Å². The van der Waals surface area contributed by atoms with Crippen LogP contribution in [0.3, 0.4) is 0 Å². The van der Waals surface area contributed by atoms with Crippen LogP contribution < -0.4 is 0 Å². The first kappa shape index (κ1) is 0.988. The molecule has 0 saturated heterocycles. The van der Waals surface area contributed by atoms with Gasteiger partial charge in [0.2, 0.25) is 0 Å². The topological polar surface area (TPSA) is 0 Å². The fraction of sp³-hybridized carbons (Fsp3) is 1.00. The van der Waals surface area contributed by atoms with Crippen molar-refractivity contribution in [3.8, 4) is 0 Å². The van der Waals surface area contributed by atoms with Gasteiger partial charge in [-0.3, -0.25) is 0 Å². The first-order chi connectivity index (χ1) is 4.19.